The molecule has 3 aliphatic rings. The summed E-state index contributed by atoms with van der Waals surface area (Å²) in [4.78, 5) is 31.3. The third-order valence-corrected chi connectivity index (χ3v) is 13.9. The van der Waals surface area contributed by atoms with Gasteiger partial charge in [-0.25, -0.2) is 15.0 Å². The minimum Gasteiger partial charge on any atom is -0.355 e. The molecule has 5 aromatic carbocycles. The molecule has 0 saturated heterocycles. The summed E-state index contributed by atoms with van der Waals surface area (Å²) >= 11 is 0. The molecule has 0 spiro atoms. The zero-order valence-electron chi connectivity index (χ0n) is 38.9. The topological polar surface area (TPSA) is 102 Å². The van der Waals surface area contributed by atoms with Crippen LogP contribution in [0.2, 0.25) is 0 Å². The van der Waals surface area contributed by atoms with E-state index in [1.165, 1.54) is 0 Å². The lowest BCUT2D eigenvalue weighted by Gasteiger charge is -2.09. The smallest absolute Gasteiger partial charge is 0.0737 e. The van der Waals surface area contributed by atoms with E-state index in [0.717, 1.165) is 145 Å². The van der Waals surface area contributed by atoms with Crippen molar-refractivity contribution in [1.82, 2.24) is 34.9 Å². The lowest BCUT2D eigenvalue weighted by molar-refractivity contribution is 1.31. The van der Waals surface area contributed by atoms with Crippen molar-refractivity contribution >= 4 is 80.6 Å². The van der Waals surface area contributed by atoms with Crippen LogP contribution in [0.5, 0.6) is 0 Å². The molecule has 0 atom stereocenters. The Balaban J connectivity index is 1.02. The van der Waals surface area contributed by atoms with Crippen LogP contribution in [0.1, 0.15) is 34.2 Å². The molecule has 4 N–H and O–H groups in total. The Morgan fingerprint density at radius 1 is 0.222 bits per heavy atom. The zero-order valence-corrected chi connectivity index (χ0v) is 38.9. The zero-order chi connectivity index (χ0) is 47.5. The monoisotopic (exact) mass is 921 g/mol. The first-order chi connectivity index (χ1) is 35.6. The van der Waals surface area contributed by atoms with E-state index in [1.54, 1.807) is 0 Å². The van der Waals surface area contributed by atoms with Crippen LogP contribution in [-0.2, 0) is 0 Å². The molecule has 72 heavy (non-hydrogen) atoms. The first-order valence-corrected chi connectivity index (χ1v) is 24.3. The van der Waals surface area contributed by atoms with Crippen molar-refractivity contribution in [2.24, 2.45) is 0 Å². The highest BCUT2D eigenvalue weighted by atomic mass is 14.8. The Morgan fingerprint density at radius 2 is 0.500 bits per heavy atom. The highest BCUT2D eigenvalue weighted by molar-refractivity contribution is 6.02. The molecular formula is C65H43N7. The normalized spacial score (nSPS) is 12.3. The van der Waals surface area contributed by atoms with Crippen LogP contribution in [0.25, 0.3) is 147 Å². The van der Waals surface area contributed by atoms with Gasteiger partial charge in [0, 0.05) is 77.5 Å². The summed E-state index contributed by atoms with van der Waals surface area (Å²) in [6.07, 6.45) is 12.8. The number of nitrogens with zero attached hydrogens (tertiary/aromatic N) is 3. The summed E-state index contributed by atoms with van der Waals surface area (Å²) in [5, 5.41) is 0. The van der Waals surface area contributed by atoms with Gasteiger partial charge in [-0.15, -0.1) is 0 Å². The van der Waals surface area contributed by atoms with Gasteiger partial charge in [-0.2, -0.15) is 0 Å². The summed E-state index contributed by atoms with van der Waals surface area (Å²) in [5.41, 5.74) is 25.7. The highest BCUT2D eigenvalue weighted by Gasteiger charge is 2.20. The van der Waals surface area contributed by atoms with E-state index in [0.29, 0.717) is 0 Å². The van der Waals surface area contributed by atoms with Crippen molar-refractivity contribution in [2.45, 2.75) is 0 Å². The minimum absolute atomic E-state index is 0.860. The van der Waals surface area contributed by atoms with E-state index in [-0.39, 0.29) is 0 Å². The van der Waals surface area contributed by atoms with Gasteiger partial charge in [-0.05, 0) is 124 Å². The van der Waals surface area contributed by atoms with Crippen LogP contribution in [-0.4, -0.2) is 34.9 Å². The average Bonchev–Trinajstić information content (AvgIpc) is 4.29. The number of aromatic amines is 4. The minimum atomic E-state index is 0.860. The molecule has 14 bridgehead atoms. The summed E-state index contributed by atoms with van der Waals surface area (Å²) in [6, 6.07) is 70.5. The maximum Gasteiger partial charge on any atom is 0.0737 e. The molecule has 0 unspecified atom stereocenters. The highest BCUT2D eigenvalue weighted by Crippen LogP contribution is 2.40. The predicted octanol–water partition coefficient (Wildman–Crippen LogP) is 16.6. The van der Waals surface area contributed by atoms with E-state index >= 15 is 0 Å². The van der Waals surface area contributed by atoms with Crippen LogP contribution in [0.15, 0.2) is 200 Å². The molecule has 7 heteroatoms. The molecular weight excluding hydrogens is 879 g/mol. The van der Waals surface area contributed by atoms with Crippen molar-refractivity contribution < 1.29 is 0 Å². The first-order valence-electron chi connectivity index (χ1n) is 24.3. The Kier molecular flexibility index (Phi) is 9.70. The fourth-order valence-corrected chi connectivity index (χ4v) is 10.6. The molecule has 0 radical (unpaired) electrons. The lowest BCUT2D eigenvalue weighted by Crippen LogP contribution is -1.89. The molecule has 0 saturated carbocycles. The van der Waals surface area contributed by atoms with Gasteiger partial charge in [0.05, 0.1) is 34.2 Å². The number of aromatic nitrogens is 7. The average molecular weight is 922 g/mol. The maximum atomic E-state index is 5.50. The fourth-order valence-electron chi connectivity index (χ4n) is 10.6. The van der Waals surface area contributed by atoms with Gasteiger partial charge >= 0.3 is 0 Å². The maximum absolute atomic E-state index is 5.50. The standard InChI is InChI=1S/C65H43N7/c1-5-13-40(14-6-1)60-48-27-25-46(66-48)39-47-26-28-49(67-47)61(41-15-7-2-8-16-41)51-30-36-57(69-51)64(56-35-29-50(60)68-56)44-21-23-45(24-22-44)65-58-37-33-54(71-58)62(42-17-9-3-10-18-42)52-31-32-53(70-52)63(43-19-11-4-12-20-43)55-34-38-59(65)72-55/h1-39,66,69,71-72H. The number of H-pyrrole nitrogens is 4. The molecule has 7 nitrogen and oxygen atoms in total. The Labute approximate surface area is 414 Å². The molecule has 0 fully saturated rings. The number of hydrogen-bond acceptors (Lipinski definition) is 3. The molecule has 3 aliphatic heterocycles. The Morgan fingerprint density at radius 3 is 0.875 bits per heavy atom. The van der Waals surface area contributed by atoms with Gasteiger partial charge < -0.3 is 19.9 Å². The van der Waals surface area contributed by atoms with Crippen molar-refractivity contribution in [3.8, 4) is 66.8 Å². The SMILES string of the molecule is C1=Cc2nc1cc1ccc([nH]1)c(-c1ccccc1)c1nc(c(-c3ccc(-c4c5ccc([nH]5)c(-c5ccccc5)c5nc(c(-c6ccccc6)c6ccc4[nH]6)C=C5)cc3)c3ccc([nH]3)c2-c2ccccc2)C=C1. The van der Waals surface area contributed by atoms with Crippen LogP contribution < -0.4 is 0 Å². The second kappa shape index (κ2) is 17.0. The molecule has 0 amide bonds. The Bertz CT molecular complexity index is 4130. The van der Waals surface area contributed by atoms with Crippen LogP contribution >= 0.6 is 0 Å². The fraction of sp³-hybridized carbons (Fsp3) is 0. The van der Waals surface area contributed by atoms with E-state index in [9.17, 15) is 0 Å². The molecule has 6 aromatic heterocycles. The largest absolute Gasteiger partial charge is 0.355 e. The number of fused-ring (bicyclic) bond motifs is 14. The van der Waals surface area contributed by atoms with E-state index < -0.39 is 0 Å². The number of hydrogen-bond donors (Lipinski definition) is 4. The molecule has 14 rings (SSSR count). The molecule has 338 valence electrons. The first kappa shape index (κ1) is 41.2. The predicted molar refractivity (Wildman–Crippen MR) is 300 cm³/mol. The summed E-state index contributed by atoms with van der Waals surface area (Å²) in [6.45, 7) is 0. The van der Waals surface area contributed by atoms with Crippen LogP contribution in [0.4, 0.5) is 0 Å². The molecule has 9 heterocycles. The lowest BCUT2D eigenvalue weighted by atomic mass is 9.99. The second-order valence-electron chi connectivity index (χ2n) is 18.3. The molecule has 0 aliphatic carbocycles. The number of nitrogens with one attached hydrogen (secondary N) is 4. The van der Waals surface area contributed by atoms with Crippen LogP contribution in [0.3, 0.4) is 0 Å². The van der Waals surface area contributed by atoms with Crippen LogP contribution in [0, 0.1) is 0 Å². The van der Waals surface area contributed by atoms with Crippen molar-refractivity contribution in [1.29, 1.82) is 0 Å². The van der Waals surface area contributed by atoms with Gasteiger partial charge in [0.15, 0.2) is 0 Å². The number of benzene rings is 5. The summed E-state index contributed by atoms with van der Waals surface area (Å²) in [5.74, 6) is 0. The van der Waals surface area contributed by atoms with Gasteiger partial charge in [0.25, 0.3) is 0 Å². The van der Waals surface area contributed by atoms with E-state index in [2.05, 4.69) is 257 Å². The van der Waals surface area contributed by atoms with Gasteiger partial charge in [-0.3, -0.25) is 0 Å². The van der Waals surface area contributed by atoms with E-state index in [4.69, 9.17) is 15.0 Å². The molecule has 11 aromatic rings. The Hall–Kier alpha value is -9.85. The third kappa shape index (κ3) is 7.18. The van der Waals surface area contributed by atoms with Gasteiger partial charge in [0.1, 0.15) is 0 Å². The second-order valence-corrected chi connectivity index (χ2v) is 18.3. The van der Waals surface area contributed by atoms with Gasteiger partial charge in [-0.1, -0.05) is 146 Å². The van der Waals surface area contributed by atoms with Gasteiger partial charge in [0.2, 0.25) is 0 Å². The number of rotatable bonds is 6. The van der Waals surface area contributed by atoms with E-state index in [1.807, 2.05) is 0 Å². The van der Waals surface area contributed by atoms with Crippen molar-refractivity contribution in [3.05, 3.63) is 234 Å². The summed E-state index contributed by atoms with van der Waals surface area (Å²) < 4.78 is 0. The third-order valence-electron chi connectivity index (χ3n) is 13.9. The summed E-state index contributed by atoms with van der Waals surface area (Å²) in [7, 11) is 0. The van der Waals surface area contributed by atoms with Crippen molar-refractivity contribution in [2.75, 3.05) is 0 Å². The quantitative estimate of drug-likeness (QED) is 0.134. The van der Waals surface area contributed by atoms with Crippen molar-refractivity contribution in [3.63, 3.8) is 0 Å².